The predicted octanol–water partition coefficient (Wildman–Crippen LogP) is 3.12. The molecular formula is C18H21NO3. The summed E-state index contributed by atoms with van der Waals surface area (Å²) in [7, 11) is 3.38. The molecule has 0 unspecified atom stereocenters. The van der Waals surface area contributed by atoms with Gasteiger partial charge in [-0.2, -0.15) is 0 Å². The van der Waals surface area contributed by atoms with Gasteiger partial charge in [0.05, 0.1) is 7.11 Å². The summed E-state index contributed by atoms with van der Waals surface area (Å²) in [5.74, 6) is 1.26. The summed E-state index contributed by atoms with van der Waals surface area (Å²) in [5, 5.41) is 0. The van der Waals surface area contributed by atoms with Crippen LogP contribution in [0, 0.1) is 0 Å². The van der Waals surface area contributed by atoms with Crippen LogP contribution in [-0.4, -0.2) is 31.1 Å². The molecule has 1 atom stereocenters. The van der Waals surface area contributed by atoms with Gasteiger partial charge in [-0.15, -0.1) is 0 Å². The zero-order valence-electron chi connectivity index (χ0n) is 13.2. The zero-order chi connectivity index (χ0) is 15.9. The van der Waals surface area contributed by atoms with Crippen LogP contribution >= 0.6 is 0 Å². The Labute approximate surface area is 131 Å². The lowest BCUT2D eigenvalue weighted by atomic mass is 10.2. The van der Waals surface area contributed by atoms with E-state index in [9.17, 15) is 4.79 Å². The SMILES string of the molecule is COc1cccc(O[C@@H](C)C(=O)N(C)Cc2ccccc2)c1. The molecule has 0 saturated heterocycles. The highest BCUT2D eigenvalue weighted by atomic mass is 16.5. The van der Waals surface area contributed by atoms with Gasteiger partial charge in [0, 0.05) is 19.7 Å². The Kier molecular flexibility index (Phi) is 5.42. The van der Waals surface area contributed by atoms with E-state index in [4.69, 9.17) is 9.47 Å². The van der Waals surface area contributed by atoms with Gasteiger partial charge in [0.25, 0.3) is 5.91 Å². The van der Waals surface area contributed by atoms with E-state index in [-0.39, 0.29) is 5.91 Å². The van der Waals surface area contributed by atoms with Crippen molar-refractivity contribution in [1.29, 1.82) is 0 Å². The number of methoxy groups -OCH3 is 1. The second-order valence-electron chi connectivity index (χ2n) is 5.12. The maximum atomic E-state index is 12.4. The third-order valence-corrected chi connectivity index (χ3v) is 3.34. The van der Waals surface area contributed by atoms with Gasteiger partial charge in [0.2, 0.25) is 0 Å². The van der Waals surface area contributed by atoms with E-state index in [1.54, 1.807) is 32.0 Å². The molecule has 0 aliphatic heterocycles. The molecular weight excluding hydrogens is 278 g/mol. The molecule has 0 saturated carbocycles. The topological polar surface area (TPSA) is 38.8 Å². The van der Waals surface area contributed by atoms with Crippen molar-refractivity contribution in [2.75, 3.05) is 14.2 Å². The van der Waals surface area contributed by atoms with Crippen LogP contribution in [0.2, 0.25) is 0 Å². The van der Waals surface area contributed by atoms with Crippen LogP contribution in [0.5, 0.6) is 11.5 Å². The Morgan fingerprint density at radius 2 is 1.77 bits per heavy atom. The molecule has 0 aliphatic carbocycles. The lowest BCUT2D eigenvalue weighted by Gasteiger charge is -2.22. The van der Waals surface area contributed by atoms with Gasteiger partial charge in [-0.25, -0.2) is 0 Å². The second-order valence-corrected chi connectivity index (χ2v) is 5.12. The number of likely N-dealkylation sites (N-methyl/N-ethyl adjacent to an activating group) is 1. The Morgan fingerprint density at radius 3 is 2.45 bits per heavy atom. The number of hydrogen-bond donors (Lipinski definition) is 0. The number of rotatable bonds is 6. The highest BCUT2D eigenvalue weighted by Crippen LogP contribution is 2.20. The average Bonchev–Trinajstić information content (AvgIpc) is 2.55. The van der Waals surface area contributed by atoms with Gasteiger partial charge in [-0.3, -0.25) is 4.79 Å². The number of carbonyl (C=O) groups is 1. The largest absolute Gasteiger partial charge is 0.497 e. The summed E-state index contributed by atoms with van der Waals surface area (Å²) in [6.45, 7) is 2.31. The molecule has 4 nitrogen and oxygen atoms in total. The molecule has 2 aromatic carbocycles. The van der Waals surface area contributed by atoms with Crippen molar-refractivity contribution in [3.05, 3.63) is 60.2 Å². The first-order chi connectivity index (χ1) is 10.6. The molecule has 1 amide bonds. The van der Waals surface area contributed by atoms with Crippen molar-refractivity contribution in [2.45, 2.75) is 19.6 Å². The van der Waals surface area contributed by atoms with E-state index >= 15 is 0 Å². The summed E-state index contributed by atoms with van der Waals surface area (Å²) in [6, 6.07) is 17.1. The van der Waals surface area contributed by atoms with Crippen molar-refractivity contribution in [2.24, 2.45) is 0 Å². The van der Waals surface area contributed by atoms with E-state index in [1.165, 1.54) is 0 Å². The lowest BCUT2D eigenvalue weighted by molar-refractivity contribution is -0.137. The maximum absolute atomic E-state index is 12.4. The van der Waals surface area contributed by atoms with Crippen LogP contribution in [0.4, 0.5) is 0 Å². The molecule has 116 valence electrons. The molecule has 0 fully saturated rings. The van der Waals surface area contributed by atoms with E-state index in [1.807, 2.05) is 48.5 Å². The molecule has 0 bridgehead atoms. The Balaban J connectivity index is 1.96. The molecule has 0 spiro atoms. The molecule has 0 aliphatic rings. The average molecular weight is 299 g/mol. The predicted molar refractivity (Wildman–Crippen MR) is 86.0 cm³/mol. The van der Waals surface area contributed by atoms with Gasteiger partial charge >= 0.3 is 0 Å². The monoisotopic (exact) mass is 299 g/mol. The third-order valence-electron chi connectivity index (χ3n) is 3.34. The maximum Gasteiger partial charge on any atom is 0.263 e. The van der Waals surface area contributed by atoms with Gasteiger partial charge in [0.15, 0.2) is 6.10 Å². The number of nitrogens with zero attached hydrogens (tertiary/aromatic N) is 1. The summed E-state index contributed by atoms with van der Waals surface area (Å²) >= 11 is 0. The number of hydrogen-bond acceptors (Lipinski definition) is 3. The van der Waals surface area contributed by atoms with Crippen LogP contribution in [0.25, 0.3) is 0 Å². The van der Waals surface area contributed by atoms with E-state index in [0.717, 1.165) is 5.56 Å². The molecule has 2 rings (SSSR count). The van der Waals surface area contributed by atoms with E-state index < -0.39 is 6.10 Å². The normalized spacial score (nSPS) is 11.6. The Hall–Kier alpha value is -2.49. The third kappa shape index (κ3) is 4.25. The summed E-state index contributed by atoms with van der Waals surface area (Å²) in [4.78, 5) is 14.0. The first kappa shape index (κ1) is 15.9. The second kappa shape index (κ2) is 7.50. The van der Waals surface area contributed by atoms with Crippen molar-refractivity contribution in [3.63, 3.8) is 0 Å². The number of carbonyl (C=O) groups excluding carboxylic acids is 1. The molecule has 4 heteroatoms. The molecule has 0 aromatic heterocycles. The fraction of sp³-hybridized carbons (Fsp3) is 0.278. The molecule has 22 heavy (non-hydrogen) atoms. The van der Waals surface area contributed by atoms with Gasteiger partial charge < -0.3 is 14.4 Å². The molecule has 0 heterocycles. The van der Waals surface area contributed by atoms with Crippen LogP contribution < -0.4 is 9.47 Å². The summed E-state index contributed by atoms with van der Waals surface area (Å²) in [5.41, 5.74) is 1.09. The van der Waals surface area contributed by atoms with Gasteiger partial charge in [-0.1, -0.05) is 36.4 Å². The minimum Gasteiger partial charge on any atom is -0.497 e. The van der Waals surface area contributed by atoms with Crippen molar-refractivity contribution >= 4 is 5.91 Å². The first-order valence-electron chi connectivity index (χ1n) is 7.20. The van der Waals surface area contributed by atoms with Gasteiger partial charge in [0.1, 0.15) is 11.5 Å². The van der Waals surface area contributed by atoms with Crippen LogP contribution in [0.1, 0.15) is 12.5 Å². The zero-order valence-corrected chi connectivity index (χ0v) is 13.2. The minimum absolute atomic E-state index is 0.0633. The van der Waals surface area contributed by atoms with Crippen molar-refractivity contribution in [1.82, 2.24) is 4.90 Å². The molecule has 2 aromatic rings. The quantitative estimate of drug-likeness (QED) is 0.822. The van der Waals surface area contributed by atoms with Gasteiger partial charge in [-0.05, 0) is 24.6 Å². The molecule has 0 N–H and O–H groups in total. The highest BCUT2D eigenvalue weighted by molar-refractivity contribution is 5.80. The first-order valence-corrected chi connectivity index (χ1v) is 7.20. The van der Waals surface area contributed by atoms with E-state index in [2.05, 4.69) is 0 Å². The number of amides is 1. The number of ether oxygens (including phenoxy) is 2. The Morgan fingerprint density at radius 1 is 1.09 bits per heavy atom. The smallest absolute Gasteiger partial charge is 0.263 e. The summed E-state index contributed by atoms with van der Waals surface area (Å²) in [6.07, 6.45) is -0.555. The number of benzene rings is 2. The minimum atomic E-state index is -0.555. The van der Waals surface area contributed by atoms with Crippen molar-refractivity contribution in [3.8, 4) is 11.5 Å². The fourth-order valence-electron chi connectivity index (χ4n) is 2.17. The standard InChI is InChI=1S/C18H21NO3/c1-14(22-17-11-7-10-16(12-17)21-3)18(20)19(2)13-15-8-5-4-6-9-15/h4-12,14H,13H2,1-3H3/t14-/m0/s1. The lowest BCUT2D eigenvalue weighted by Crippen LogP contribution is -2.37. The van der Waals surface area contributed by atoms with E-state index in [0.29, 0.717) is 18.0 Å². The van der Waals surface area contributed by atoms with Crippen LogP contribution in [-0.2, 0) is 11.3 Å². The molecule has 0 radical (unpaired) electrons. The van der Waals surface area contributed by atoms with Crippen LogP contribution in [0.15, 0.2) is 54.6 Å². The highest BCUT2D eigenvalue weighted by Gasteiger charge is 2.19. The summed E-state index contributed by atoms with van der Waals surface area (Å²) < 4.78 is 10.9. The Bertz CT molecular complexity index is 613. The fourth-order valence-corrected chi connectivity index (χ4v) is 2.17. The van der Waals surface area contributed by atoms with Crippen molar-refractivity contribution < 1.29 is 14.3 Å². The van der Waals surface area contributed by atoms with Crippen LogP contribution in [0.3, 0.4) is 0 Å².